The molecule has 0 radical (unpaired) electrons. The SMILES string of the molecule is COc1cccc(-n2c(NC(=O)[C@@H]3CC[C@H](CN)O3)nc3ccccc32)c1. The number of hydrogen-bond donors (Lipinski definition) is 2. The minimum Gasteiger partial charge on any atom is -0.497 e. The number of rotatable bonds is 5. The zero-order chi connectivity index (χ0) is 18.8. The number of benzene rings is 2. The Balaban J connectivity index is 1.71. The van der Waals surface area contributed by atoms with E-state index in [4.69, 9.17) is 15.2 Å². The molecule has 2 aromatic carbocycles. The van der Waals surface area contributed by atoms with Crippen LogP contribution in [0.25, 0.3) is 16.7 Å². The van der Waals surface area contributed by atoms with Gasteiger partial charge in [0, 0.05) is 12.6 Å². The van der Waals surface area contributed by atoms with Gasteiger partial charge >= 0.3 is 0 Å². The third-order valence-corrected chi connectivity index (χ3v) is 4.77. The molecule has 0 spiro atoms. The number of ether oxygens (including phenoxy) is 2. The predicted molar refractivity (Wildman–Crippen MR) is 103 cm³/mol. The summed E-state index contributed by atoms with van der Waals surface area (Å²) in [6.07, 6.45) is 0.892. The van der Waals surface area contributed by atoms with Gasteiger partial charge in [-0.05, 0) is 37.1 Å². The van der Waals surface area contributed by atoms with Crippen molar-refractivity contribution >= 4 is 22.9 Å². The van der Waals surface area contributed by atoms with Gasteiger partial charge in [-0.1, -0.05) is 18.2 Å². The zero-order valence-corrected chi connectivity index (χ0v) is 15.1. The van der Waals surface area contributed by atoms with Crippen molar-refractivity contribution in [3.8, 4) is 11.4 Å². The molecule has 0 saturated carbocycles. The monoisotopic (exact) mass is 366 g/mol. The summed E-state index contributed by atoms with van der Waals surface area (Å²) in [4.78, 5) is 17.3. The van der Waals surface area contributed by atoms with Gasteiger partial charge in [-0.25, -0.2) is 4.98 Å². The van der Waals surface area contributed by atoms with Crippen LogP contribution in [-0.4, -0.2) is 41.3 Å². The topological polar surface area (TPSA) is 91.4 Å². The number of fused-ring (bicyclic) bond motifs is 1. The van der Waals surface area contributed by atoms with Gasteiger partial charge in [0.05, 0.1) is 29.9 Å². The van der Waals surface area contributed by atoms with E-state index >= 15 is 0 Å². The highest BCUT2D eigenvalue weighted by molar-refractivity contribution is 5.95. The maximum atomic E-state index is 12.7. The average Bonchev–Trinajstić information content (AvgIpc) is 3.32. The summed E-state index contributed by atoms with van der Waals surface area (Å²) >= 11 is 0. The molecule has 1 aromatic heterocycles. The van der Waals surface area contributed by atoms with Gasteiger partial charge < -0.3 is 15.2 Å². The van der Waals surface area contributed by atoms with Crippen molar-refractivity contribution < 1.29 is 14.3 Å². The molecule has 1 aliphatic rings. The summed E-state index contributed by atoms with van der Waals surface area (Å²) < 4.78 is 13.0. The Morgan fingerprint density at radius 1 is 1.30 bits per heavy atom. The van der Waals surface area contributed by atoms with E-state index < -0.39 is 6.10 Å². The number of para-hydroxylation sites is 2. The molecule has 7 heteroatoms. The third-order valence-electron chi connectivity index (χ3n) is 4.77. The van der Waals surface area contributed by atoms with Gasteiger partial charge in [0.25, 0.3) is 5.91 Å². The molecule has 1 amide bonds. The molecule has 0 aliphatic carbocycles. The first kappa shape index (κ1) is 17.5. The molecule has 140 valence electrons. The Bertz CT molecular complexity index is 969. The summed E-state index contributed by atoms with van der Waals surface area (Å²) in [7, 11) is 1.62. The number of hydrogen-bond acceptors (Lipinski definition) is 5. The van der Waals surface area contributed by atoms with Crippen LogP contribution in [0, 0.1) is 0 Å². The summed E-state index contributed by atoms with van der Waals surface area (Å²) in [5.41, 5.74) is 8.19. The minimum atomic E-state index is -0.503. The zero-order valence-electron chi connectivity index (χ0n) is 15.1. The van der Waals surface area contributed by atoms with Crippen LogP contribution in [0.5, 0.6) is 5.75 Å². The second-order valence-corrected chi connectivity index (χ2v) is 6.51. The fraction of sp³-hybridized carbons (Fsp3) is 0.300. The second kappa shape index (κ2) is 7.38. The molecule has 1 aliphatic heterocycles. The first-order valence-electron chi connectivity index (χ1n) is 8.98. The maximum absolute atomic E-state index is 12.7. The number of nitrogens with two attached hydrogens (primary N) is 1. The van der Waals surface area contributed by atoms with Crippen LogP contribution in [0.4, 0.5) is 5.95 Å². The number of aromatic nitrogens is 2. The first-order valence-corrected chi connectivity index (χ1v) is 8.98. The van der Waals surface area contributed by atoms with Crippen molar-refractivity contribution in [2.45, 2.75) is 25.0 Å². The quantitative estimate of drug-likeness (QED) is 0.724. The minimum absolute atomic E-state index is 0.0575. The Morgan fingerprint density at radius 2 is 2.15 bits per heavy atom. The van der Waals surface area contributed by atoms with Crippen molar-refractivity contribution in [2.75, 3.05) is 19.0 Å². The molecular weight excluding hydrogens is 344 g/mol. The highest BCUT2D eigenvalue weighted by atomic mass is 16.5. The van der Waals surface area contributed by atoms with E-state index in [1.165, 1.54) is 0 Å². The lowest BCUT2D eigenvalue weighted by atomic mass is 10.2. The normalized spacial score (nSPS) is 19.3. The highest BCUT2D eigenvalue weighted by Crippen LogP contribution is 2.28. The number of nitrogens with one attached hydrogen (secondary N) is 1. The lowest BCUT2D eigenvalue weighted by Crippen LogP contribution is -2.30. The van der Waals surface area contributed by atoms with E-state index in [1.807, 2.05) is 53.1 Å². The van der Waals surface area contributed by atoms with Crippen LogP contribution >= 0.6 is 0 Å². The summed E-state index contributed by atoms with van der Waals surface area (Å²) in [5.74, 6) is 0.979. The molecular formula is C20H22N4O3. The summed E-state index contributed by atoms with van der Waals surface area (Å²) in [5, 5.41) is 2.93. The molecule has 4 rings (SSSR count). The molecule has 0 unspecified atom stereocenters. The van der Waals surface area contributed by atoms with Crippen molar-refractivity contribution in [1.29, 1.82) is 0 Å². The second-order valence-electron chi connectivity index (χ2n) is 6.51. The van der Waals surface area contributed by atoms with E-state index in [9.17, 15) is 4.79 Å². The van der Waals surface area contributed by atoms with E-state index in [-0.39, 0.29) is 12.0 Å². The van der Waals surface area contributed by atoms with Gasteiger partial charge in [0.2, 0.25) is 5.95 Å². The molecule has 2 atom stereocenters. The number of nitrogens with zero attached hydrogens (tertiary/aromatic N) is 2. The maximum Gasteiger partial charge on any atom is 0.255 e. The van der Waals surface area contributed by atoms with Gasteiger partial charge in [0.1, 0.15) is 11.9 Å². The van der Waals surface area contributed by atoms with E-state index in [0.717, 1.165) is 28.9 Å². The lowest BCUT2D eigenvalue weighted by Gasteiger charge is -2.14. The average molecular weight is 366 g/mol. The van der Waals surface area contributed by atoms with Crippen LogP contribution in [0.2, 0.25) is 0 Å². The van der Waals surface area contributed by atoms with Crippen LogP contribution in [0.1, 0.15) is 12.8 Å². The Labute approximate surface area is 157 Å². The van der Waals surface area contributed by atoms with Crippen LogP contribution in [-0.2, 0) is 9.53 Å². The number of methoxy groups -OCH3 is 1. The number of anilines is 1. The standard InChI is InChI=1S/C20H22N4O3/c1-26-14-6-4-5-13(11-14)24-17-8-3-2-7-16(17)22-20(24)23-19(25)18-10-9-15(12-21)27-18/h2-8,11,15,18H,9-10,12,21H2,1H3,(H,22,23,25)/t15-,18+/m1/s1. The lowest BCUT2D eigenvalue weighted by molar-refractivity contribution is -0.126. The van der Waals surface area contributed by atoms with Crippen molar-refractivity contribution in [1.82, 2.24) is 9.55 Å². The molecule has 2 heterocycles. The van der Waals surface area contributed by atoms with Crippen LogP contribution in [0.3, 0.4) is 0 Å². The molecule has 1 saturated heterocycles. The fourth-order valence-corrected chi connectivity index (χ4v) is 3.38. The smallest absolute Gasteiger partial charge is 0.255 e. The van der Waals surface area contributed by atoms with Crippen molar-refractivity contribution in [3.63, 3.8) is 0 Å². The van der Waals surface area contributed by atoms with Gasteiger partial charge in [-0.3, -0.25) is 14.7 Å². The first-order chi connectivity index (χ1) is 13.2. The van der Waals surface area contributed by atoms with Gasteiger partial charge in [0.15, 0.2) is 0 Å². The van der Waals surface area contributed by atoms with E-state index in [0.29, 0.717) is 18.9 Å². The molecule has 7 nitrogen and oxygen atoms in total. The number of amides is 1. The molecule has 27 heavy (non-hydrogen) atoms. The van der Waals surface area contributed by atoms with Crippen LogP contribution < -0.4 is 15.8 Å². The molecule has 3 N–H and O–H groups in total. The van der Waals surface area contributed by atoms with Crippen molar-refractivity contribution in [2.24, 2.45) is 5.73 Å². The van der Waals surface area contributed by atoms with E-state index in [1.54, 1.807) is 7.11 Å². The van der Waals surface area contributed by atoms with E-state index in [2.05, 4.69) is 10.3 Å². The number of carbonyl (C=O) groups excluding carboxylic acids is 1. The fourth-order valence-electron chi connectivity index (χ4n) is 3.38. The number of imidazole rings is 1. The molecule has 3 aromatic rings. The van der Waals surface area contributed by atoms with Gasteiger partial charge in [-0.15, -0.1) is 0 Å². The third kappa shape index (κ3) is 3.39. The molecule has 0 bridgehead atoms. The Hall–Kier alpha value is -2.90. The molecule has 1 fully saturated rings. The largest absolute Gasteiger partial charge is 0.497 e. The predicted octanol–water partition coefficient (Wildman–Crippen LogP) is 2.48. The van der Waals surface area contributed by atoms with Crippen molar-refractivity contribution in [3.05, 3.63) is 48.5 Å². The summed E-state index contributed by atoms with van der Waals surface area (Å²) in [6, 6.07) is 15.4. The Morgan fingerprint density at radius 3 is 2.93 bits per heavy atom. The Kier molecular flexibility index (Phi) is 4.79. The number of carbonyl (C=O) groups is 1. The van der Waals surface area contributed by atoms with Crippen LogP contribution in [0.15, 0.2) is 48.5 Å². The van der Waals surface area contributed by atoms with Gasteiger partial charge in [-0.2, -0.15) is 0 Å². The summed E-state index contributed by atoms with van der Waals surface area (Å²) in [6.45, 7) is 0.423. The highest BCUT2D eigenvalue weighted by Gasteiger charge is 2.30.